The van der Waals surface area contributed by atoms with Gasteiger partial charge in [0.1, 0.15) is 16.9 Å². The fourth-order valence-electron chi connectivity index (χ4n) is 4.11. The molecule has 1 aliphatic carbocycles. The lowest BCUT2D eigenvalue weighted by molar-refractivity contribution is -0.125. The van der Waals surface area contributed by atoms with E-state index >= 15 is 0 Å². The molecular weight excluding hydrogens is 418 g/mol. The van der Waals surface area contributed by atoms with Crippen LogP contribution in [0.2, 0.25) is 5.02 Å². The standard InChI is InChI=1S/C22H28ClN5O3/c1-30-19-10-16(20-13-28(14-29)8-9-31-20)6-7-18(19)26-22-25-12-17(23)21(27-22)24-11-15-4-2-3-5-15/h6-7,10,12,14-15,20H,2-5,8-9,11,13H2,1H3,(H2,24,25,26,27). The average molecular weight is 446 g/mol. The Balaban J connectivity index is 1.46. The molecule has 0 bridgehead atoms. The number of aromatic nitrogens is 2. The number of morpholine rings is 1. The molecule has 1 unspecified atom stereocenters. The SMILES string of the molecule is COc1cc(C2CN(C=O)CCO2)ccc1Nc1ncc(Cl)c(NCC2CCCC2)n1. The molecule has 2 aliphatic rings. The maximum absolute atomic E-state index is 11.1. The van der Waals surface area contributed by atoms with Crippen molar-refractivity contribution in [3.8, 4) is 5.75 Å². The Kier molecular flexibility index (Phi) is 7.09. The van der Waals surface area contributed by atoms with Crippen LogP contribution >= 0.6 is 11.6 Å². The molecule has 8 nitrogen and oxygen atoms in total. The lowest BCUT2D eigenvalue weighted by Gasteiger charge is -2.30. The lowest BCUT2D eigenvalue weighted by Crippen LogP contribution is -2.37. The van der Waals surface area contributed by atoms with Crippen LogP contribution in [0.5, 0.6) is 5.75 Å². The van der Waals surface area contributed by atoms with Gasteiger partial charge in [0.25, 0.3) is 0 Å². The summed E-state index contributed by atoms with van der Waals surface area (Å²) in [5.41, 5.74) is 1.68. The van der Waals surface area contributed by atoms with Crippen molar-refractivity contribution in [3.05, 3.63) is 35.0 Å². The number of rotatable bonds is 8. The number of carbonyl (C=O) groups excluding carboxylic acids is 1. The second-order valence-electron chi connectivity index (χ2n) is 7.97. The van der Waals surface area contributed by atoms with E-state index in [1.165, 1.54) is 25.7 Å². The number of hydrogen-bond acceptors (Lipinski definition) is 7. The topological polar surface area (TPSA) is 88.6 Å². The molecule has 1 aliphatic heterocycles. The molecule has 1 aromatic carbocycles. The van der Waals surface area contributed by atoms with Gasteiger partial charge in [0.2, 0.25) is 12.4 Å². The third-order valence-electron chi connectivity index (χ3n) is 5.87. The van der Waals surface area contributed by atoms with Gasteiger partial charge in [-0.3, -0.25) is 4.79 Å². The molecular formula is C22H28ClN5O3. The number of ether oxygens (including phenoxy) is 2. The summed E-state index contributed by atoms with van der Waals surface area (Å²) in [6.45, 7) is 2.52. The van der Waals surface area contributed by atoms with Crippen LogP contribution in [-0.2, 0) is 9.53 Å². The van der Waals surface area contributed by atoms with Gasteiger partial charge in [0.15, 0.2) is 5.82 Å². The van der Waals surface area contributed by atoms with Gasteiger partial charge >= 0.3 is 0 Å². The Morgan fingerprint density at radius 3 is 2.97 bits per heavy atom. The molecule has 166 valence electrons. The van der Waals surface area contributed by atoms with Crippen LogP contribution in [0, 0.1) is 5.92 Å². The number of nitrogens with one attached hydrogen (secondary N) is 2. The molecule has 31 heavy (non-hydrogen) atoms. The maximum Gasteiger partial charge on any atom is 0.229 e. The Morgan fingerprint density at radius 2 is 2.19 bits per heavy atom. The van der Waals surface area contributed by atoms with Crippen molar-refractivity contribution in [2.75, 3.05) is 44.0 Å². The van der Waals surface area contributed by atoms with Gasteiger partial charge in [-0.05, 0) is 36.5 Å². The first-order valence-electron chi connectivity index (χ1n) is 10.7. The monoisotopic (exact) mass is 445 g/mol. The number of carbonyl (C=O) groups is 1. The van der Waals surface area contributed by atoms with Gasteiger partial charge < -0.3 is 25.0 Å². The number of halogens is 1. The van der Waals surface area contributed by atoms with Gasteiger partial charge in [0.05, 0.1) is 32.1 Å². The van der Waals surface area contributed by atoms with Crippen LogP contribution in [0.4, 0.5) is 17.5 Å². The average Bonchev–Trinajstić information content (AvgIpc) is 3.33. The quantitative estimate of drug-likeness (QED) is 0.593. The third kappa shape index (κ3) is 5.37. The van der Waals surface area contributed by atoms with E-state index in [4.69, 9.17) is 21.1 Å². The van der Waals surface area contributed by atoms with Crippen LogP contribution in [0.15, 0.2) is 24.4 Å². The molecule has 2 N–H and O–H groups in total. The fraction of sp³-hybridized carbons (Fsp3) is 0.500. The summed E-state index contributed by atoms with van der Waals surface area (Å²) in [5.74, 6) is 2.38. The minimum absolute atomic E-state index is 0.180. The maximum atomic E-state index is 11.1. The Morgan fingerprint density at radius 1 is 1.35 bits per heavy atom. The molecule has 1 atom stereocenters. The predicted octanol–water partition coefficient (Wildman–Crippen LogP) is 4.01. The van der Waals surface area contributed by atoms with Crippen molar-refractivity contribution in [2.24, 2.45) is 5.92 Å². The molecule has 4 rings (SSSR count). The molecule has 1 aromatic heterocycles. The van der Waals surface area contributed by atoms with E-state index in [1.807, 2.05) is 18.2 Å². The van der Waals surface area contributed by atoms with E-state index in [9.17, 15) is 4.79 Å². The molecule has 1 amide bonds. The summed E-state index contributed by atoms with van der Waals surface area (Å²) in [5, 5.41) is 7.08. The Hall–Kier alpha value is -2.58. The first kappa shape index (κ1) is 21.6. The number of anilines is 3. The largest absolute Gasteiger partial charge is 0.495 e. The summed E-state index contributed by atoms with van der Waals surface area (Å²) in [6.07, 6.45) is 7.37. The Bertz CT molecular complexity index is 907. The molecule has 1 saturated heterocycles. The predicted molar refractivity (Wildman–Crippen MR) is 120 cm³/mol. The second kappa shape index (κ2) is 10.2. The van der Waals surface area contributed by atoms with Gasteiger partial charge in [-0.25, -0.2) is 4.98 Å². The minimum atomic E-state index is -0.180. The summed E-state index contributed by atoms with van der Waals surface area (Å²) >= 11 is 6.29. The Labute approximate surface area is 187 Å². The number of nitrogens with zero attached hydrogens (tertiary/aromatic N) is 3. The highest BCUT2D eigenvalue weighted by molar-refractivity contribution is 6.32. The van der Waals surface area contributed by atoms with Crippen molar-refractivity contribution in [1.29, 1.82) is 0 Å². The number of amides is 1. The minimum Gasteiger partial charge on any atom is -0.495 e. The molecule has 0 spiro atoms. The van der Waals surface area contributed by atoms with Gasteiger partial charge in [-0.15, -0.1) is 0 Å². The van der Waals surface area contributed by atoms with Crippen molar-refractivity contribution in [1.82, 2.24) is 14.9 Å². The van der Waals surface area contributed by atoms with Crippen molar-refractivity contribution < 1.29 is 14.3 Å². The van der Waals surface area contributed by atoms with Crippen molar-refractivity contribution in [2.45, 2.75) is 31.8 Å². The van der Waals surface area contributed by atoms with Crippen LogP contribution in [0.3, 0.4) is 0 Å². The van der Waals surface area contributed by atoms with E-state index < -0.39 is 0 Å². The van der Waals surface area contributed by atoms with Gasteiger partial charge in [0, 0.05) is 13.1 Å². The second-order valence-corrected chi connectivity index (χ2v) is 8.37. The van der Waals surface area contributed by atoms with E-state index in [2.05, 4.69) is 20.6 Å². The van der Waals surface area contributed by atoms with Crippen LogP contribution in [0.25, 0.3) is 0 Å². The lowest BCUT2D eigenvalue weighted by atomic mass is 10.1. The molecule has 9 heteroatoms. The normalized spacial score (nSPS) is 19.3. The van der Waals surface area contributed by atoms with E-state index in [0.29, 0.717) is 48.2 Å². The van der Waals surface area contributed by atoms with E-state index in [0.717, 1.165) is 24.2 Å². The molecule has 2 fully saturated rings. The number of methoxy groups -OCH3 is 1. The highest BCUT2D eigenvalue weighted by atomic mass is 35.5. The summed E-state index contributed by atoms with van der Waals surface area (Å²) in [6, 6.07) is 5.77. The number of benzene rings is 1. The van der Waals surface area contributed by atoms with E-state index in [-0.39, 0.29) is 6.10 Å². The number of hydrogen-bond donors (Lipinski definition) is 2. The summed E-state index contributed by atoms with van der Waals surface area (Å²) in [4.78, 5) is 21.7. The smallest absolute Gasteiger partial charge is 0.229 e. The summed E-state index contributed by atoms with van der Waals surface area (Å²) in [7, 11) is 1.61. The van der Waals surface area contributed by atoms with Crippen molar-refractivity contribution in [3.63, 3.8) is 0 Å². The van der Waals surface area contributed by atoms with Crippen molar-refractivity contribution >= 4 is 35.5 Å². The first-order chi connectivity index (χ1) is 15.2. The van der Waals surface area contributed by atoms with Gasteiger partial charge in [-0.2, -0.15) is 4.98 Å². The third-order valence-corrected chi connectivity index (χ3v) is 6.14. The molecule has 2 aromatic rings. The zero-order valence-electron chi connectivity index (χ0n) is 17.6. The molecule has 2 heterocycles. The summed E-state index contributed by atoms with van der Waals surface area (Å²) < 4.78 is 11.4. The van der Waals surface area contributed by atoms with Crippen LogP contribution in [-0.4, -0.2) is 54.6 Å². The molecule has 1 saturated carbocycles. The highest BCUT2D eigenvalue weighted by Gasteiger charge is 2.22. The highest BCUT2D eigenvalue weighted by Crippen LogP contribution is 2.33. The van der Waals surface area contributed by atoms with Crippen LogP contribution < -0.4 is 15.4 Å². The molecule has 0 radical (unpaired) electrons. The first-order valence-corrected chi connectivity index (χ1v) is 11.1. The van der Waals surface area contributed by atoms with Gasteiger partial charge in [-0.1, -0.05) is 30.5 Å². The zero-order chi connectivity index (χ0) is 21.6. The fourth-order valence-corrected chi connectivity index (χ4v) is 4.26. The van der Waals surface area contributed by atoms with Crippen LogP contribution in [0.1, 0.15) is 37.4 Å². The zero-order valence-corrected chi connectivity index (χ0v) is 18.4. The van der Waals surface area contributed by atoms with E-state index in [1.54, 1.807) is 18.2 Å².